The highest BCUT2D eigenvalue weighted by Gasteiger charge is 2.16. The summed E-state index contributed by atoms with van der Waals surface area (Å²) in [6.45, 7) is 5.40. The molecule has 23 heavy (non-hydrogen) atoms. The summed E-state index contributed by atoms with van der Waals surface area (Å²) in [5.41, 5.74) is 2.53. The fourth-order valence-corrected chi connectivity index (χ4v) is 3.54. The standard InChI is InChI=1S/C18H22N2O2S/c21-18(12-17-6-3-11-23-17)19-13-15-4-1-2-5-16(15)14-20-7-9-22-10-8-20/h1-6,11H,7-10,12-14H2,(H,19,21)/p+1. The third-order valence-corrected chi connectivity index (χ3v) is 5.03. The van der Waals surface area contributed by atoms with Crippen LogP contribution in [0.4, 0.5) is 0 Å². The first-order valence-electron chi connectivity index (χ1n) is 8.08. The Kier molecular flexibility index (Phi) is 5.80. The number of carbonyl (C=O) groups is 1. The Morgan fingerprint density at radius 1 is 1.13 bits per heavy atom. The molecule has 1 amide bonds. The van der Waals surface area contributed by atoms with Gasteiger partial charge in [-0.15, -0.1) is 11.3 Å². The maximum Gasteiger partial charge on any atom is 0.225 e. The van der Waals surface area contributed by atoms with Crippen LogP contribution in [0.25, 0.3) is 0 Å². The van der Waals surface area contributed by atoms with Crippen LogP contribution >= 0.6 is 11.3 Å². The maximum absolute atomic E-state index is 12.1. The van der Waals surface area contributed by atoms with E-state index in [1.807, 2.05) is 23.6 Å². The minimum atomic E-state index is 0.0842. The van der Waals surface area contributed by atoms with E-state index in [4.69, 9.17) is 4.74 Å². The molecule has 1 aliphatic heterocycles. The highest BCUT2D eigenvalue weighted by Crippen LogP contribution is 2.10. The van der Waals surface area contributed by atoms with Gasteiger partial charge in [-0.2, -0.15) is 0 Å². The number of benzene rings is 1. The highest BCUT2D eigenvalue weighted by molar-refractivity contribution is 7.10. The van der Waals surface area contributed by atoms with Crippen molar-refractivity contribution >= 4 is 17.2 Å². The van der Waals surface area contributed by atoms with Crippen LogP contribution in [0.2, 0.25) is 0 Å². The molecular formula is C18H23N2O2S+. The fourth-order valence-electron chi connectivity index (χ4n) is 2.84. The van der Waals surface area contributed by atoms with Crippen LogP contribution in [0.3, 0.4) is 0 Å². The van der Waals surface area contributed by atoms with Gasteiger partial charge >= 0.3 is 0 Å². The second-order valence-corrected chi connectivity index (χ2v) is 6.87. The Balaban J connectivity index is 1.55. The number of amides is 1. The molecule has 1 saturated heterocycles. The second kappa shape index (κ2) is 8.24. The van der Waals surface area contributed by atoms with Crippen LogP contribution in [0.1, 0.15) is 16.0 Å². The van der Waals surface area contributed by atoms with Gasteiger partial charge in [0.25, 0.3) is 0 Å². The predicted molar refractivity (Wildman–Crippen MR) is 91.5 cm³/mol. The van der Waals surface area contributed by atoms with Gasteiger partial charge in [-0.3, -0.25) is 4.79 Å². The summed E-state index contributed by atoms with van der Waals surface area (Å²) in [7, 11) is 0. The first-order valence-corrected chi connectivity index (χ1v) is 8.96. The van der Waals surface area contributed by atoms with E-state index < -0.39 is 0 Å². The van der Waals surface area contributed by atoms with Gasteiger partial charge in [0.1, 0.15) is 19.6 Å². The number of ether oxygens (including phenoxy) is 1. The molecule has 0 bridgehead atoms. The van der Waals surface area contributed by atoms with Gasteiger partial charge in [-0.25, -0.2) is 0 Å². The average Bonchev–Trinajstić information content (AvgIpc) is 3.08. The van der Waals surface area contributed by atoms with Crippen molar-refractivity contribution < 1.29 is 14.4 Å². The van der Waals surface area contributed by atoms with Gasteiger partial charge in [0.05, 0.1) is 19.6 Å². The number of hydrogen-bond donors (Lipinski definition) is 2. The third kappa shape index (κ3) is 4.89. The second-order valence-electron chi connectivity index (χ2n) is 5.84. The molecule has 1 aromatic heterocycles. The Hall–Kier alpha value is -1.69. The molecule has 3 rings (SSSR count). The smallest absolute Gasteiger partial charge is 0.225 e. The van der Waals surface area contributed by atoms with Crippen LogP contribution in [0.15, 0.2) is 41.8 Å². The molecule has 122 valence electrons. The molecule has 5 heteroatoms. The largest absolute Gasteiger partial charge is 0.370 e. The van der Waals surface area contributed by atoms with E-state index in [1.165, 1.54) is 11.1 Å². The van der Waals surface area contributed by atoms with Crippen LogP contribution in [-0.4, -0.2) is 32.2 Å². The number of carbonyl (C=O) groups excluding carboxylic acids is 1. The minimum absolute atomic E-state index is 0.0842. The van der Waals surface area contributed by atoms with Crippen molar-refractivity contribution in [1.82, 2.24) is 5.32 Å². The van der Waals surface area contributed by atoms with E-state index >= 15 is 0 Å². The van der Waals surface area contributed by atoms with Gasteiger partial charge in [0.15, 0.2) is 0 Å². The number of rotatable bonds is 6. The number of nitrogens with one attached hydrogen (secondary N) is 2. The van der Waals surface area contributed by atoms with Crippen molar-refractivity contribution in [3.05, 3.63) is 57.8 Å². The molecule has 1 aromatic carbocycles. The lowest BCUT2D eigenvalue weighted by Gasteiger charge is -2.24. The highest BCUT2D eigenvalue weighted by atomic mass is 32.1. The van der Waals surface area contributed by atoms with Gasteiger partial charge in [0.2, 0.25) is 5.91 Å². The molecule has 2 aromatic rings. The monoisotopic (exact) mass is 331 g/mol. The quantitative estimate of drug-likeness (QED) is 0.830. The average molecular weight is 331 g/mol. The Bertz CT molecular complexity index is 622. The zero-order valence-corrected chi connectivity index (χ0v) is 14.0. The van der Waals surface area contributed by atoms with Crippen molar-refractivity contribution in [1.29, 1.82) is 0 Å². The summed E-state index contributed by atoms with van der Waals surface area (Å²) in [6, 6.07) is 12.4. The number of morpholine rings is 1. The summed E-state index contributed by atoms with van der Waals surface area (Å²) in [5, 5.41) is 5.05. The van der Waals surface area contributed by atoms with E-state index in [9.17, 15) is 4.79 Å². The molecule has 0 saturated carbocycles. The summed E-state index contributed by atoms with van der Waals surface area (Å²) in [4.78, 5) is 14.7. The molecule has 1 fully saturated rings. The molecule has 1 aliphatic rings. The Morgan fingerprint density at radius 2 is 1.91 bits per heavy atom. The van der Waals surface area contributed by atoms with Crippen molar-refractivity contribution in [3.63, 3.8) is 0 Å². The van der Waals surface area contributed by atoms with E-state index in [0.29, 0.717) is 13.0 Å². The first kappa shape index (κ1) is 16.2. The van der Waals surface area contributed by atoms with Crippen LogP contribution in [-0.2, 0) is 29.0 Å². The zero-order valence-electron chi connectivity index (χ0n) is 13.2. The summed E-state index contributed by atoms with van der Waals surface area (Å²) >= 11 is 1.62. The Labute approximate surface area is 141 Å². The van der Waals surface area contributed by atoms with Gasteiger partial charge in [-0.05, 0) is 17.0 Å². The summed E-state index contributed by atoms with van der Waals surface area (Å²) in [6.07, 6.45) is 0.467. The molecular weight excluding hydrogens is 308 g/mol. The molecule has 0 aliphatic carbocycles. The van der Waals surface area contributed by atoms with E-state index in [2.05, 4.69) is 23.5 Å². The van der Waals surface area contributed by atoms with Crippen molar-refractivity contribution in [2.45, 2.75) is 19.5 Å². The molecule has 0 atom stereocenters. The SMILES string of the molecule is O=C(Cc1cccs1)NCc1ccccc1C[NH+]1CCOCC1. The van der Waals surface area contributed by atoms with E-state index in [1.54, 1.807) is 16.2 Å². The zero-order chi connectivity index (χ0) is 15.9. The lowest BCUT2D eigenvalue weighted by atomic mass is 10.1. The maximum atomic E-state index is 12.1. The molecule has 4 nitrogen and oxygen atoms in total. The Morgan fingerprint density at radius 3 is 2.65 bits per heavy atom. The van der Waals surface area contributed by atoms with Gasteiger partial charge in [-0.1, -0.05) is 30.3 Å². The van der Waals surface area contributed by atoms with E-state index in [-0.39, 0.29) is 5.91 Å². The minimum Gasteiger partial charge on any atom is -0.370 e. The molecule has 0 radical (unpaired) electrons. The lowest BCUT2D eigenvalue weighted by molar-refractivity contribution is -0.921. The van der Waals surface area contributed by atoms with Crippen molar-refractivity contribution in [2.75, 3.05) is 26.3 Å². The summed E-state index contributed by atoms with van der Waals surface area (Å²) in [5.74, 6) is 0.0842. The van der Waals surface area contributed by atoms with Gasteiger partial charge in [0, 0.05) is 17.0 Å². The first-order chi connectivity index (χ1) is 11.3. The lowest BCUT2D eigenvalue weighted by Crippen LogP contribution is -3.12. The van der Waals surface area contributed by atoms with Crippen LogP contribution < -0.4 is 10.2 Å². The molecule has 2 N–H and O–H groups in total. The normalized spacial score (nSPS) is 15.5. The van der Waals surface area contributed by atoms with Crippen molar-refractivity contribution in [3.8, 4) is 0 Å². The third-order valence-electron chi connectivity index (χ3n) is 4.15. The summed E-state index contributed by atoms with van der Waals surface area (Å²) < 4.78 is 5.42. The number of quaternary nitrogens is 1. The predicted octanol–water partition coefficient (Wildman–Crippen LogP) is 1.02. The van der Waals surface area contributed by atoms with Crippen LogP contribution in [0, 0.1) is 0 Å². The van der Waals surface area contributed by atoms with E-state index in [0.717, 1.165) is 37.7 Å². The molecule has 2 heterocycles. The molecule has 0 spiro atoms. The van der Waals surface area contributed by atoms with Gasteiger partial charge < -0.3 is 15.0 Å². The number of hydrogen-bond acceptors (Lipinski definition) is 3. The van der Waals surface area contributed by atoms with Crippen LogP contribution in [0.5, 0.6) is 0 Å². The molecule has 0 unspecified atom stereocenters. The fraction of sp³-hybridized carbons (Fsp3) is 0.389. The van der Waals surface area contributed by atoms with Crippen molar-refractivity contribution in [2.24, 2.45) is 0 Å². The topological polar surface area (TPSA) is 42.8 Å². The number of thiophene rings is 1.